The summed E-state index contributed by atoms with van der Waals surface area (Å²) in [5.41, 5.74) is 2.96. The van der Waals surface area contributed by atoms with Gasteiger partial charge in [0, 0.05) is 15.9 Å². The van der Waals surface area contributed by atoms with Gasteiger partial charge in [-0.25, -0.2) is 8.42 Å². The minimum atomic E-state index is -3.62. The third-order valence-corrected chi connectivity index (χ3v) is 8.23. The first-order chi connectivity index (χ1) is 14.6. The van der Waals surface area contributed by atoms with Crippen LogP contribution in [0.3, 0.4) is 0 Å². The molecular weight excluding hydrogens is 414 g/mol. The Morgan fingerprint density at radius 1 is 0.667 bits per heavy atom. The topological polar surface area (TPSA) is 46.6 Å². The van der Waals surface area contributed by atoms with E-state index in [2.05, 4.69) is 29.2 Å². The molecule has 0 amide bonds. The molecule has 4 nitrogen and oxygen atoms in total. The summed E-state index contributed by atoms with van der Waals surface area (Å²) in [6.07, 6.45) is 0. The first kappa shape index (κ1) is 17.6. The SMILES string of the molecule is O=S1(=O)c2ccccc2Oc2cc(N3c4ccccc4Sc4ccccc43)ccc21. The molecule has 0 unspecified atom stereocenters. The van der Waals surface area contributed by atoms with E-state index < -0.39 is 9.84 Å². The van der Waals surface area contributed by atoms with Gasteiger partial charge in [0.05, 0.1) is 17.1 Å². The Hall–Kier alpha value is -3.22. The lowest BCUT2D eigenvalue weighted by atomic mass is 10.1. The van der Waals surface area contributed by atoms with Crippen LogP contribution >= 0.6 is 11.8 Å². The van der Waals surface area contributed by atoms with Crippen LogP contribution in [-0.4, -0.2) is 8.42 Å². The second kappa shape index (κ2) is 6.39. The zero-order chi connectivity index (χ0) is 20.3. The van der Waals surface area contributed by atoms with Crippen LogP contribution in [0.5, 0.6) is 11.5 Å². The normalized spacial score (nSPS) is 15.3. The quantitative estimate of drug-likeness (QED) is 0.296. The molecular formula is C24H15NO3S2. The van der Waals surface area contributed by atoms with Gasteiger partial charge in [0.25, 0.3) is 0 Å². The van der Waals surface area contributed by atoms with Crippen molar-refractivity contribution in [3.63, 3.8) is 0 Å². The lowest BCUT2D eigenvalue weighted by molar-refractivity contribution is 0.443. The monoisotopic (exact) mass is 429 g/mol. The Bertz CT molecular complexity index is 1380. The third kappa shape index (κ3) is 2.51. The molecule has 0 aliphatic carbocycles. The van der Waals surface area contributed by atoms with Crippen molar-refractivity contribution in [1.29, 1.82) is 0 Å². The number of sulfone groups is 1. The number of benzene rings is 4. The molecule has 2 aliphatic rings. The van der Waals surface area contributed by atoms with E-state index in [1.165, 1.54) is 0 Å². The van der Waals surface area contributed by atoms with Crippen molar-refractivity contribution < 1.29 is 13.2 Å². The van der Waals surface area contributed by atoms with Crippen molar-refractivity contribution in [2.75, 3.05) is 4.90 Å². The van der Waals surface area contributed by atoms with Crippen LogP contribution < -0.4 is 9.64 Å². The number of para-hydroxylation sites is 3. The summed E-state index contributed by atoms with van der Waals surface area (Å²) >= 11 is 1.73. The molecule has 0 bridgehead atoms. The second-order valence-corrected chi connectivity index (χ2v) is 10.0. The average Bonchev–Trinajstić information content (AvgIpc) is 2.77. The molecule has 4 aromatic rings. The molecule has 146 valence electrons. The molecule has 2 aliphatic heterocycles. The van der Waals surface area contributed by atoms with Crippen molar-refractivity contribution in [3.05, 3.63) is 91.0 Å². The summed E-state index contributed by atoms with van der Waals surface area (Å²) in [7, 11) is -3.62. The molecule has 30 heavy (non-hydrogen) atoms. The Labute approximate surface area is 178 Å². The molecule has 0 aromatic heterocycles. The summed E-state index contributed by atoms with van der Waals surface area (Å²) in [5.74, 6) is 0.705. The van der Waals surface area contributed by atoms with Gasteiger partial charge in [0.2, 0.25) is 9.84 Å². The van der Waals surface area contributed by atoms with E-state index in [0.717, 1.165) is 26.9 Å². The minimum Gasteiger partial charge on any atom is -0.455 e. The van der Waals surface area contributed by atoms with Crippen LogP contribution in [0.25, 0.3) is 0 Å². The Morgan fingerprint density at radius 3 is 2.00 bits per heavy atom. The van der Waals surface area contributed by atoms with Crippen LogP contribution in [0, 0.1) is 0 Å². The average molecular weight is 430 g/mol. The Kier molecular flexibility index (Phi) is 3.75. The van der Waals surface area contributed by atoms with Crippen molar-refractivity contribution in [2.24, 2.45) is 0 Å². The van der Waals surface area contributed by atoms with Crippen LogP contribution in [0.1, 0.15) is 0 Å². The molecule has 4 aromatic carbocycles. The van der Waals surface area contributed by atoms with E-state index in [1.807, 2.05) is 36.4 Å². The van der Waals surface area contributed by atoms with Gasteiger partial charge < -0.3 is 9.64 Å². The maximum Gasteiger partial charge on any atom is 0.213 e. The van der Waals surface area contributed by atoms with Gasteiger partial charge in [-0.2, -0.15) is 0 Å². The van der Waals surface area contributed by atoms with Crippen LogP contribution in [0.2, 0.25) is 0 Å². The van der Waals surface area contributed by atoms with Gasteiger partial charge in [0.15, 0.2) is 0 Å². The molecule has 0 radical (unpaired) electrons. The molecule has 0 fully saturated rings. The predicted octanol–water partition coefficient (Wildman–Crippen LogP) is 6.56. The molecule has 6 heteroatoms. The van der Waals surface area contributed by atoms with E-state index in [0.29, 0.717) is 11.5 Å². The highest BCUT2D eigenvalue weighted by molar-refractivity contribution is 7.99. The lowest BCUT2D eigenvalue weighted by Crippen LogP contribution is -2.16. The Balaban J connectivity index is 1.55. The first-order valence-electron chi connectivity index (χ1n) is 9.45. The van der Waals surface area contributed by atoms with E-state index in [1.54, 1.807) is 42.1 Å². The zero-order valence-corrected chi connectivity index (χ0v) is 17.3. The number of nitrogens with zero attached hydrogens (tertiary/aromatic N) is 1. The van der Waals surface area contributed by atoms with Gasteiger partial charge in [-0.05, 0) is 48.5 Å². The largest absolute Gasteiger partial charge is 0.455 e. The molecule has 2 heterocycles. The second-order valence-electron chi connectivity index (χ2n) is 7.06. The lowest BCUT2D eigenvalue weighted by Gasteiger charge is -2.33. The molecule has 6 rings (SSSR count). The number of rotatable bonds is 1. The standard InChI is InChI=1S/C24H15NO3S2/c26-30(27)23-12-6-3-9-19(23)28-20-15-16(13-14-24(20)30)25-17-7-1-4-10-21(17)29-22-11-5-2-8-18(22)25/h1-15H. The fraction of sp³-hybridized carbons (Fsp3) is 0. The van der Waals surface area contributed by atoms with Gasteiger partial charge in [-0.3, -0.25) is 0 Å². The summed E-state index contributed by atoms with van der Waals surface area (Å²) in [6, 6.07) is 28.5. The van der Waals surface area contributed by atoms with E-state index in [4.69, 9.17) is 4.74 Å². The Morgan fingerprint density at radius 2 is 1.27 bits per heavy atom. The van der Waals surface area contributed by atoms with Crippen LogP contribution in [-0.2, 0) is 9.84 Å². The maximum atomic E-state index is 13.1. The summed E-state index contributed by atoms with van der Waals surface area (Å²) in [6.45, 7) is 0. The molecule has 0 spiro atoms. The molecule has 0 atom stereocenters. The summed E-state index contributed by atoms with van der Waals surface area (Å²) in [4.78, 5) is 4.84. The molecule has 0 N–H and O–H groups in total. The van der Waals surface area contributed by atoms with Gasteiger partial charge in [0.1, 0.15) is 21.3 Å². The number of anilines is 3. The molecule has 0 saturated heterocycles. The fourth-order valence-electron chi connectivity index (χ4n) is 3.91. The van der Waals surface area contributed by atoms with Crippen molar-refractivity contribution in [2.45, 2.75) is 19.6 Å². The first-order valence-corrected chi connectivity index (χ1v) is 11.7. The smallest absolute Gasteiger partial charge is 0.213 e. The number of hydrogen-bond acceptors (Lipinski definition) is 5. The van der Waals surface area contributed by atoms with E-state index in [-0.39, 0.29) is 9.79 Å². The van der Waals surface area contributed by atoms with Gasteiger partial charge >= 0.3 is 0 Å². The summed E-state index contributed by atoms with van der Waals surface area (Å²) in [5, 5.41) is 0. The molecule has 0 saturated carbocycles. The minimum absolute atomic E-state index is 0.193. The zero-order valence-electron chi connectivity index (χ0n) is 15.6. The van der Waals surface area contributed by atoms with Gasteiger partial charge in [-0.15, -0.1) is 0 Å². The van der Waals surface area contributed by atoms with E-state index >= 15 is 0 Å². The van der Waals surface area contributed by atoms with Crippen LogP contribution in [0.15, 0.2) is 111 Å². The summed E-state index contributed by atoms with van der Waals surface area (Å²) < 4.78 is 32.2. The number of ether oxygens (including phenoxy) is 1. The van der Waals surface area contributed by atoms with Crippen LogP contribution in [0.4, 0.5) is 17.1 Å². The predicted molar refractivity (Wildman–Crippen MR) is 117 cm³/mol. The van der Waals surface area contributed by atoms with Crippen molar-refractivity contribution in [1.82, 2.24) is 0 Å². The van der Waals surface area contributed by atoms with Crippen molar-refractivity contribution in [3.8, 4) is 11.5 Å². The highest BCUT2D eigenvalue weighted by Crippen LogP contribution is 2.52. The fourth-order valence-corrected chi connectivity index (χ4v) is 6.45. The highest BCUT2D eigenvalue weighted by Gasteiger charge is 2.32. The maximum absolute atomic E-state index is 13.1. The number of fused-ring (bicyclic) bond motifs is 4. The van der Waals surface area contributed by atoms with E-state index in [9.17, 15) is 8.42 Å². The van der Waals surface area contributed by atoms with Gasteiger partial charge in [-0.1, -0.05) is 48.2 Å². The third-order valence-electron chi connectivity index (χ3n) is 5.27. The highest BCUT2D eigenvalue weighted by atomic mass is 32.2. The van der Waals surface area contributed by atoms with Crippen molar-refractivity contribution >= 4 is 38.7 Å². The number of hydrogen-bond donors (Lipinski definition) is 0.